The maximum Gasteiger partial charge on any atom is 0.276 e. The molecule has 2 amide bonds. The van der Waals surface area contributed by atoms with E-state index in [9.17, 15) is 9.59 Å². The summed E-state index contributed by atoms with van der Waals surface area (Å²) in [6.45, 7) is 1.03. The van der Waals surface area contributed by atoms with E-state index >= 15 is 0 Å². The normalized spacial score (nSPS) is 17.5. The Hall–Kier alpha value is -2.96. The number of rotatable bonds is 5. The molecule has 0 radical (unpaired) electrons. The Morgan fingerprint density at radius 1 is 1.29 bits per heavy atom. The lowest BCUT2D eigenvalue weighted by Crippen LogP contribution is -2.43. The van der Waals surface area contributed by atoms with Crippen LogP contribution in [0.1, 0.15) is 28.9 Å². The zero-order valence-corrected chi connectivity index (χ0v) is 13.2. The topological polar surface area (TPSA) is 94.1 Å². The summed E-state index contributed by atoms with van der Waals surface area (Å²) in [6.07, 6.45) is 6.89. The van der Waals surface area contributed by atoms with Gasteiger partial charge in [0.25, 0.3) is 5.91 Å². The van der Waals surface area contributed by atoms with E-state index in [0.717, 1.165) is 12.0 Å². The molecule has 0 unspecified atom stereocenters. The van der Waals surface area contributed by atoms with Gasteiger partial charge in [-0.05, 0) is 18.4 Å². The van der Waals surface area contributed by atoms with Gasteiger partial charge >= 0.3 is 0 Å². The lowest BCUT2D eigenvalue weighted by atomic mass is 10.2. The summed E-state index contributed by atoms with van der Waals surface area (Å²) < 4.78 is 1.59. The molecule has 0 spiro atoms. The molecule has 1 aromatic heterocycles. The molecule has 2 heterocycles. The molecule has 1 saturated heterocycles. The molecule has 2 aromatic rings. The number of carbonyl (C=O) groups excluding carboxylic acids is 2. The lowest BCUT2D eigenvalue weighted by Gasteiger charge is -2.20. The second-order valence-corrected chi connectivity index (χ2v) is 5.70. The zero-order chi connectivity index (χ0) is 16.9. The second kappa shape index (κ2) is 7.08. The highest BCUT2D eigenvalue weighted by molar-refractivity contribution is 5.95. The van der Waals surface area contributed by atoms with Crippen molar-refractivity contribution < 1.29 is 9.59 Å². The van der Waals surface area contributed by atoms with Gasteiger partial charge in [0, 0.05) is 6.54 Å². The van der Waals surface area contributed by atoms with Crippen molar-refractivity contribution in [2.24, 2.45) is 5.73 Å². The maximum atomic E-state index is 12.5. The van der Waals surface area contributed by atoms with Gasteiger partial charge in [0.15, 0.2) is 5.69 Å². The molecule has 1 aliphatic rings. The van der Waals surface area contributed by atoms with Gasteiger partial charge in [-0.15, -0.1) is 5.10 Å². The first kappa shape index (κ1) is 15.9. The van der Waals surface area contributed by atoms with Gasteiger partial charge in [-0.2, -0.15) is 0 Å². The van der Waals surface area contributed by atoms with Crippen LogP contribution in [0.4, 0.5) is 0 Å². The third-order valence-electron chi connectivity index (χ3n) is 4.00. The number of hydrogen-bond donors (Lipinski definition) is 1. The number of benzene rings is 1. The van der Waals surface area contributed by atoms with Crippen LogP contribution in [0.2, 0.25) is 0 Å². The maximum absolute atomic E-state index is 12.5. The van der Waals surface area contributed by atoms with Crippen LogP contribution < -0.4 is 5.73 Å². The quantitative estimate of drug-likeness (QED) is 0.890. The minimum atomic E-state index is -0.541. The first-order valence-electron chi connectivity index (χ1n) is 7.87. The molecule has 0 saturated carbocycles. The summed E-state index contributed by atoms with van der Waals surface area (Å²) in [5.41, 5.74) is 6.67. The third-order valence-corrected chi connectivity index (χ3v) is 4.00. The number of nitrogens with zero attached hydrogens (tertiary/aromatic N) is 4. The van der Waals surface area contributed by atoms with Gasteiger partial charge < -0.3 is 10.6 Å². The molecule has 3 rings (SSSR count). The minimum absolute atomic E-state index is 0.233. The molecular weight excluding hydrogens is 306 g/mol. The first-order chi connectivity index (χ1) is 11.6. The molecule has 1 aliphatic heterocycles. The van der Waals surface area contributed by atoms with Crippen molar-refractivity contribution in [2.45, 2.75) is 25.4 Å². The van der Waals surface area contributed by atoms with Gasteiger partial charge in [-0.1, -0.05) is 47.7 Å². The predicted octanol–water partition coefficient (Wildman–Crippen LogP) is 1.08. The Morgan fingerprint density at radius 3 is 2.83 bits per heavy atom. The van der Waals surface area contributed by atoms with E-state index in [0.29, 0.717) is 19.5 Å². The highest BCUT2D eigenvalue weighted by Crippen LogP contribution is 2.19. The molecule has 7 nitrogen and oxygen atoms in total. The predicted molar refractivity (Wildman–Crippen MR) is 88.8 cm³/mol. The van der Waals surface area contributed by atoms with Crippen LogP contribution in [0.25, 0.3) is 6.08 Å². The average molecular weight is 325 g/mol. The van der Waals surface area contributed by atoms with Gasteiger partial charge in [-0.25, -0.2) is 4.68 Å². The van der Waals surface area contributed by atoms with E-state index in [-0.39, 0.29) is 11.6 Å². The molecule has 24 heavy (non-hydrogen) atoms. The summed E-state index contributed by atoms with van der Waals surface area (Å²) in [6, 6.07) is 9.37. The lowest BCUT2D eigenvalue weighted by molar-refractivity contribution is -0.121. The molecule has 2 N–H and O–H groups in total. The SMILES string of the molecule is NC(=O)[C@@H]1CCCN1C(=O)c1cn(C/C=C/c2ccccc2)nn1. The Morgan fingerprint density at radius 2 is 2.08 bits per heavy atom. The number of amides is 2. The van der Waals surface area contributed by atoms with E-state index in [1.165, 1.54) is 4.90 Å². The summed E-state index contributed by atoms with van der Waals surface area (Å²) in [5.74, 6) is -0.770. The van der Waals surface area contributed by atoms with Crippen LogP contribution in [0.3, 0.4) is 0 Å². The summed E-state index contributed by atoms with van der Waals surface area (Å²) in [7, 11) is 0. The molecule has 7 heteroatoms. The average Bonchev–Trinajstić information content (AvgIpc) is 3.25. The molecule has 1 atom stereocenters. The van der Waals surface area contributed by atoms with Gasteiger partial charge in [0.05, 0.1) is 12.7 Å². The zero-order valence-electron chi connectivity index (χ0n) is 13.2. The summed E-state index contributed by atoms with van der Waals surface area (Å²) in [4.78, 5) is 25.3. The molecule has 0 aliphatic carbocycles. The van der Waals surface area contributed by atoms with E-state index in [1.807, 2.05) is 42.5 Å². The van der Waals surface area contributed by atoms with Gasteiger partial charge in [-0.3, -0.25) is 9.59 Å². The fourth-order valence-electron chi connectivity index (χ4n) is 2.80. The number of hydrogen-bond acceptors (Lipinski definition) is 4. The monoisotopic (exact) mass is 325 g/mol. The summed E-state index contributed by atoms with van der Waals surface area (Å²) in [5, 5.41) is 7.88. The van der Waals surface area contributed by atoms with Crippen molar-refractivity contribution in [3.63, 3.8) is 0 Å². The highest BCUT2D eigenvalue weighted by Gasteiger charge is 2.34. The standard InChI is InChI=1S/C17H19N5O2/c18-16(23)15-9-5-11-22(15)17(24)14-12-21(20-19-14)10-4-8-13-6-2-1-3-7-13/h1-4,6-8,12,15H,5,9-11H2,(H2,18,23)/b8-4+/t15-/m0/s1. The largest absolute Gasteiger partial charge is 0.368 e. The Balaban J connectivity index is 1.64. The van der Waals surface area contributed by atoms with Crippen molar-refractivity contribution in [3.8, 4) is 0 Å². The first-order valence-corrected chi connectivity index (χ1v) is 7.87. The van der Waals surface area contributed by atoms with Crippen molar-refractivity contribution in [3.05, 3.63) is 53.9 Å². The Bertz CT molecular complexity index is 753. The van der Waals surface area contributed by atoms with Crippen molar-refractivity contribution in [1.82, 2.24) is 19.9 Å². The number of carbonyl (C=O) groups is 2. The summed E-state index contributed by atoms with van der Waals surface area (Å²) >= 11 is 0. The number of nitrogens with two attached hydrogens (primary N) is 1. The Labute approximate surface area is 139 Å². The van der Waals surface area contributed by atoms with Crippen molar-refractivity contribution in [1.29, 1.82) is 0 Å². The van der Waals surface area contributed by atoms with E-state index in [2.05, 4.69) is 10.3 Å². The molecule has 124 valence electrons. The van der Waals surface area contributed by atoms with Crippen molar-refractivity contribution in [2.75, 3.05) is 6.54 Å². The van der Waals surface area contributed by atoms with Crippen molar-refractivity contribution >= 4 is 17.9 Å². The van der Waals surface area contributed by atoms with Crippen LogP contribution in [-0.2, 0) is 11.3 Å². The number of aromatic nitrogens is 3. The van der Waals surface area contributed by atoms with Gasteiger partial charge in [0.2, 0.25) is 5.91 Å². The minimum Gasteiger partial charge on any atom is -0.368 e. The van der Waals surface area contributed by atoms with Crippen LogP contribution in [0.15, 0.2) is 42.6 Å². The smallest absolute Gasteiger partial charge is 0.276 e. The Kier molecular flexibility index (Phi) is 4.69. The molecule has 1 aromatic carbocycles. The second-order valence-electron chi connectivity index (χ2n) is 5.70. The molecule has 0 bridgehead atoms. The van der Waals surface area contributed by atoms with E-state index in [1.54, 1.807) is 10.9 Å². The fraction of sp³-hybridized carbons (Fsp3) is 0.294. The van der Waals surface area contributed by atoms with Crippen LogP contribution >= 0.6 is 0 Å². The number of allylic oxidation sites excluding steroid dienone is 1. The third kappa shape index (κ3) is 3.51. The van der Waals surface area contributed by atoms with E-state index < -0.39 is 11.9 Å². The molecular formula is C17H19N5O2. The van der Waals surface area contributed by atoms with Gasteiger partial charge in [0.1, 0.15) is 6.04 Å². The van der Waals surface area contributed by atoms with Crippen LogP contribution in [0, 0.1) is 0 Å². The van der Waals surface area contributed by atoms with Crippen LogP contribution in [0.5, 0.6) is 0 Å². The van der Waals surface area contributed by atoms with Crippen LogP contribution in [-0.4, -0.2) is 44.3 Å². The highest BCUT2D eigenvalue weighted by atomic mass is 16.2. The van der Waals surface area contributed by atoms with E-state index in [4.69, 9.17) is 5.73 Å². The molecule has 1 fully saturated rings. The fourth-order valence-corrected chi connectivity index (χ4v) is 2.80. The number of primary amides is 1. The number of likely N-dealkylation sites (tertiary alicyclic amines) is 1.